The number of fused-ring (bicyclic) bond motifs is 1. The van der Waals surface area contributed by atoms with Gasteiger partial charge in [-0.25, -0.2) is 0 Å². The molecule has 0 bridgehead atoms. The number of Topliss-reactive ketones (excluding diaryl/α,β-unsaturated/α-hetero) is 1. The fourth-order valence-electron chi connectivity index (χ4n) is 4.44. The lowest BCUT2D eigenvalue weighted by molar-refractivity contribution is -0.134. The van der Waals surface area contributed by atoms with E-state index in [1.807, 2.05) is 54.3 Å². The van der Waals surface area contributed by atoms with Crippen molar-refractivity contribution >= 4 is 11.7 Å². The Bertz CT molecular complexity index is 962. The first-order valence-electron chi connectivity index (χ1n) is 10.9. The molecule has 6 heteroatoms. The Hall–Kier alpha value is -3.02. The smallest absolute Gasteiger partial charge is 0.222 e. The van der Waals surface area contributed by atoms with Gasteiger partial charge in [-0.15, -0.1) is 0 Å². The van der Waals surface area contributed by atoms with Gasteiger partial charge in [0.05, 0.1) is 25.7 Å². The normalized spacial score (nSPS) is 17.1. The predicted molar refractivity (Wildman–Crippen MR) is 117 cm³/mol. The van der Waals surface area contributed by atoms with Gasteiger partial charge in [-0.3, -0.25) is 9.59 Å². The molecular weight excluding hydrogens is 394 g/mol. The topological polar surface area (TPSA) is 65.1 Å². The number of aryl methyl sites for hydroxylation is 1. The van der Waals surface area contributed by atoms with Gasteiger partial charge < -0.3 is 19.1 Å². The van der Waals surface area contributed by atoms with E-state index in [1.165, 1.54) is 0 Å². The van der Waals surface area contributed by atoms with Crippen molar-refractivity contribution in [3.63, 3.8) is 0 Å². The highest BCUT2D eigenvalue weighted by atomic mass is 16.5. The van der Waals surface area contributed by atoms with Gasteiger partial charge in [0.2, 0.25) is 5.91 Å². The second-order valence-electron chi connectivity index (χ2n) is 8.18. The van der Waals surface area contributed by atoms with E-state index in [2.05, 4.69) is 0 Å². The monoisotopic (exact) mass is 423 g/mol. The molecule has 164 valence electrons. The van der Waals surface area contributed by atoms with E-state index >= 15 is 0 Å². The number of rotatable bonds is 6. The molecule has 0 unspecified atom stereocenters. The molecule has 2 aromatic rings. The number of carbonyl (C=O) groups excluding carboxylic acids is 2. The predicted octanol–water partition coefficient (Wildman–Crippen LogP) is 4.05. The van der Waals surface area contributed by atoms with Crippen LogP contribution in [0.2, 0.25) is 0 Å². The number of nitrogens with zero attached hydrogens (tertiary/aromatic N) is 1. The number of piperidine rings is 1. The maximum atomic E-state index is 12.8. The van der Waals surface area contributed by atoms with Gasteiger partial charge in [0.1, 0.15) is 11.4 Å². The quantitative estimate of drug-likeness (QED) is 0.701. The van der Waals surface area contributed by atoms with Gasteiger partial charge in [0.15, 0.2) is 17.3 Å². The van der Waals surface area contributed by atoms with Crippen molar-refractivity contribution in [2.45, 2.75) is 44.6 Å². The molecular formula is C25H29NO5. The van der Waals surface area contributed by atoms with E-state index < -0.39 is 5.60 Å². The van der Waals surface area contributed by atoms with Crippen molar-refractivity contribution in [3.8, 4) is 17.2 Å². The summed E-state index contributed by atoms with van der Waals surface area (Å²) in [6, 6.07) is 13.2. The fourth-order valence-corrected chi connectivity index (χ4v) is 4.44. The van der Waals surface area contributed by atoms with Gasteiger partial charge in [-0.1, -0.05) is 18.2 Å². The highest BCUT2D eigenvalue weighted by Crippen LogP contribution is 2.39. The van der Waals surface area contributed by atoms with E-state index in [0.29, 0.717) is 74.6 Å². The SMILES string of the molecule is CCOc1ccc(CCC(=O)N2CCC3(CC2)CC(=O)c2ccccc2O3)cc1OC. The lowest BCUT2D eigenvalue weighted by atomic mass is 9.82. The minimum absolute atomic E-state index is 0.130. The van der Waals surface area contributed by atoms with Crippen molar-refractivity contribution in [3.05, 3.63) is 53.6 Å². The van der Waals surface area contributed by atoms with E-state index in [9.17, 15) is 9.59 Å². The molecule has 2 aromatic carbocycles. The van der Waals surface area contributed by atoms with Gasteiger partial charge in [-0.05, 0) is 43.2 Å². The summed E-state index contributed by atoms with van der Waals surface area (Å²) in [5.74, 6) is 2.33. The van der Waals surface area contributed by atoms with Crippen molar-refractivity contribution in [1.82, 2.24) is 4.90 Å². The molecule has 6 nitrogen and oxygen atoms in total. The number of hydrogen-bond donors (Lipinski definition) is 0. The first kappa shape index (κ1) is 21.2. The van der Waals surface area contributed by atoms with E-state index in [4.69, 9.17) is 14.2 Å². The summed E-state index contributed by atoms with van der Waals surface area (Å²) in [7, 11) is 1.62. The van der Waals surface area contributed by atoms with E-state index in [0.717, 1.165) is 5.56 Å². The van der Waals surface area contributed by atoms with Crippen molar-refractivity contribution in [2.75, 3.05) is 26.8 Å². The van der Waals surface area contributed by atoms with E-state index in [1.54, 1.807) is 7.11 Å². The number of likely N-dealkylation sites (tertiary alicyclic amines) is 1. The number of ketones is 1. The Morgan fingerprint density at radius 3 is 2.65 bits per heavy atom. The van der Waals surface area contributed by atoms with Crippen molar-refractivity contribution in [1.29, 1.82) is 0 Å². The molecule has 0 atom stereocenters. The van der Waals surface area contributed by atoms with Crippen LogP contribution >= 0.6 is 0 Å². The van der Waals surface area contributed by atoms with Crippen LogP contribution in [-0.4, -0.2) is 49.0 Å². The fraction of sp³-hybridized carbons (Fsp3) is 0.440. The van der Waals surface area contributed by atoms with Gasteiger partial charge >= 0.3 is 0 Å². The summed E-state index contributed by atoms with van der Waals surface area (Å²) in [6.07, 6.45) is 2.82. The molecule has 0 N–H and O–H groups in total. The molecule has 2 aliphatic heterocycles. The standard InChI is InChI=1S/C25H29NO5/c1-3-30-22-10-8-18(16-23(22)29-2)9-11-24(28)26-14-12-25(13-15-26)17-20(27)19-6-4-5-7-21(19)31-25/h4-8,10,16H,3,9,11-15,17H2,1-2H3. The van der Waals surface area contributed by atoms with Crippen LogP contribution in [0.1, 0.15) is 48.5 Å². The summed E-state index contributed by atoms with van der Waals surface area (Å²) < 4.78 is 17.2. The maximum absolute atomic E-state index is 12.8. The third-order valence-electron chi connectivity index (χ3n) is 6.18. The third-order valence-corrected chi connectivity index (χ3v) is 6.18. The van der Waals surface area contributed by atoms with Crippen LogP contribution in [-0.2, 0) is 11.2 Å². The first-order valence-corrected chi connectivity index (χ1v) is 10.9. The maximum Gasteiger partial charge on any atom is 0.222 e. The van der Waals surface area contributed by atoms with Crippen molar-refractivity contribution < 1.29 is 23.8 Å². The average Bonchev–Trinajstić information content (AvgIpc) is 2.79. The molecule has 2 aliphatic rings. The Morgan fingerprint density at radius 2 is 1.90 bits per heavy atom. The molecule has 0 saturated carbocycles. The lowest BCUT2D eigenvalue weighted by Gasteiger charge is -2.44. The number of carbonyl (C=O) groups is 2. The molecule has 2 heterocycles. The summed E-state index contributed by atoms with van der Waals surface area (Å²) in [4.78, 5) is 27.3. The minimum Gasteiger partial charge on any atom is -0.493 e. The third kappa shape index (κ3) is 4.53. The zero-order valence-electron chi connectivity index (χ0n) is 18.2. The van der Waals surface area contributed by atoms with Gasteiger partial charge in [0.25, 0.3) is 0 Å². The second-order valence-corrected chi connectivity index (χ2v) is 8.18. The minimum atomic E-state index is -0.481. The number of para-hydroxylation sites is 1. The Morgan fingerprint density at radius 1 is 1.13 bits per heavy atom. The molecule has 31 heavy (non-hydrogen) atoms. The largest absolute Gasteiger partial charge is 0.493 e. The Kier molecular flexibility index (Phi) is 6.16. The van der Waals surface area contributed by atoms with Crippen LogP contribution in [0.4, 0.5) is 0 Å². The Labute approximate surface area is 183 Å². The van der Waals surface area contributed by atoms with Crippen LogP contribution in [0.25, 0.3) is 0 Å². The van der Waals surface area contributed by atoms with Crippen LogP contribution in [0, 0.1) is 0 Å². The molecule has 1 saturated heterocycles. The molecule has 0 aliphatic carbocycles. The van der Waals surface area contributed by atoms with Crippen LogP contribution in [0.5, 0.6) is 17.2 Å². The van der Waals surface area contributed by atoms with Gasteiger partial charge in [-0.2, -0.15) is 0 Å². The summed E-state index contributed by atoms with van der Waals surface area (Å²) in [5.41, 5.74) is 1.22. The zero-order chi connectivity index (χ0) is 21.8. The van der Waals surface area contributed by atoms with Gasteiger partial charge in [0, 0.05) is 32.4 Å². The number of benzene rings is 2. The van der Waals surface area contributed by atoms with E-state index in [-0.39, 0.29) is 11.7 Å². The molecule has 1 fully saturated rings. The lowest BCUT2D eigenvalue weighted by Crippen LogP contribution is -2.52. The molecule has 0 aromatic heterocycles. The number of amides is 1. The number of ether oxygens (including phenoxy) is 3. The molecule has 0 radical (unpaired) electrons. The Balaban J connectivity index is 1.33. The summed E-state index contributed by atoms with van der Waals surface area (Å²) >= 11 is 0. The average molecular weight is 424 g/mol. The van der Waals surface area contributed by atoms with Crippen LogP contribution in [0.15, 0.2) is 42.5 Å². The first-order chi connectivity index (χ1) is 15.0. The van der Waals surface area contributed by atoms with Crippen LogP contribution < -0.4 is 14.2 Å². The number of methoxy groups -OCH3 is 1. The molecule has 1 amide bonds. The van der Waals surface area contributed by atoms with Crippen molar-refractivity contribution in [2.24, 2.45) is 0 Å². The highest BCUT2D eigenvalue weighted by Gasteiger charge is 2.43. The summed E-state index contributed by atoms with van der Waals surface area (Å²) in [5, 5.41) is 0. The number of hydrogen-bond acceptors (Lipinski definition) is 5. The van der Waals surface area contributed by atoms with Crippen LogP contribution in [0.3, 0.4) is 0 Å². The molecule has 4 rings (SSSR count). The highest BCUT2D eigenvalue weighted by molar-refractivity contribution is 6.00. The summed E-state index contributed by atoms with van der Waals surface area (Å²) in [6.45, 7) is 3.73. The zero-order valence-corrected chi connectivity index (χ0v) is 18.2. The second kappa shape index (κ2) is 9.00. The molecule has 1 spiro atoms.